The summed E-state index contributed by atoms with van der Waals surface area (Å²) in [7, 11) is 0. The Morgan fingerprint density at radius 3 is 2.57 bits per heavy atom. The number of carbonyl (C=O) groups excluding carboxylic acids is 1. The molecular formula is C24H27ClN2O3. The number of carbonyl (C=O) groups is 1. The van der Waals surface area contributed by atoms with Crippen molar-refractivity contribution in [3.63, 3.8) is 0 Å². The van der Waals surface area contributed by atoms with Gasteiger partial charge < -0.3 is 14.7 Å². The Bertz CT molecular complexity index is 913. The minimum absolute atomic E-state index is 0.0294. The molecule has 5 nitrogen and oxygen atoms in total. The van der Waals surface area contributed by atoms with Gasteiger partial charge in [0.15, 0.2) is 0 Å². The van der Waals surface area contributed by atoms with E-state index in [1.165, 1.54) is 5.56 Å². The zero-order chi connectivity index (χ0) is 20.7. The topological polar surface area (TPSA) is 53.0 Å². The lowest BCUT2D eigenvalue weighted by Crippen LogP contribution is -2.69. The van der Waals surface area contributed by atoms with Gasteiger partial charge >= 0.3 is 0 Å². The van der Waals surface area contributed by atoms with Gasteiger partial charge in [0.1, 0.15) is 0 Å². The van der Waals surface area contributed by atoms with Crippen LogP contribution in [0.25, 0.3) is 0 Å². The molecule has 0 spiro atoms. The number of rotatable bonds is 4. The van der Waals surface area contributed by atoms with Crippen molar-refractivity contribution >= 4 is 23.2 Å². The highest BCUT2D eigenvalue weighted by Crippen LogP contribution is 2.49. The van der Waals surface area contributed by atoms with Gasteiger partial charge in [0, 0.05) is 60.9 Å². The van der Waals surface area contributed by atoms with E-state index in [4.69, 9.17) is 16.3 Å². The predicted octanol–water partition coefficient (Wildman–Crippen LogP) is 3.44. The van der Waals surface area contributed by atoms with Crippen molar-refractivity contribution in [3.05, 3.63) is 64.7 Å². The molecule has 0 bridgehead atoms. The van der Waals surface area contributed by atoms with Crippen LogP contribution in [0.15, 0.2) is 48.5 Å². The molecule has 3 aliphatic rings. The standard InChI is InChI=1S/C24H27ClN2O3/c25-18-7-5-16(6-8-18)13-26-21-14-27(24(29)17-9-11-30-12-10-17)20-4-2-1-3-19(20)23(21)22(26)15-28/h1-8,17,21-23,28H,9-15H2/t21-,22-,23+/m0/s1. The number of ether oxygens (including phenoxy) is 1. The van der Waals surface area contributed by atoms with Gasteiger partial charge in [0.25, 0.3) is 0 Å². The van der Waals surface area contributed by atoms with Crippen LogP contribution in [-0.2, 0) is 16.1 Å². The van der Waals surface area contributed by atoms with E-state index in [0.29, 0.717) is 19.8 Å². The van der Waals surface area contributed by atoms with Gasteiger partial charge in [-0.2, -0.15) is 0 Å². The van der Waals surface area contributed by atoms with Gasteiger partial charge in [0.2, 0.25) is 5.91 Å². The van der Waals surface area contributed by atoms with Crippen LogP contribution in [0.2, 0.25) is 5.02 Å². The summed E-state index contributed by atoms with van der Waals surface area (Å²) in [6.45, 7) is 2.84. The Morgan fingerprint density at radius 2 is 1.83 bits per heavy atom. The first kappa shape index (κ1) is 20.0. The number of hydrogen-bond acceptors (Lipinski definition) is 4. The third kappa shape index (κ3) is 3.44. The number of fused-ring (bicyclic) bond motifs is 3. The zero-order valence-corrected chi connectivity index (χ0v) is 17.7. The second-order valence-corrected chi connectivity index (χ2v) is 8.97. The van der Waals surface area contributed by atoms with Crippen LogP contribution in [0.1, 0.15) is 29.9 Å². The molecule has 6 heteroatoms. The van der Waals surface area contributed by atoms with Crippen LogP contribution in [0.5, 0.6) is 0 Å². The maximum atomic E-state index is 13.4. The van der Waals surface area contributed by atoms with Crippen molar-refractivity contribution in [1.29, 1.82) is 0 Å². The van der Waals surface area contributed by atoms with Crippen LogP contribution in [-0.4, -0.2) is 54.4 Å². The first-order valence-corrected chi connectivity index (χ1v) is 11.1. The van der Waals surface area contributed by atoms with Crippen molar-refractivity contribution in [2.45, 2.75) is 37.4 Å². The molecule has 5 rings (SSSR count). The SMILES string of the molecule is O=C(C1CCOCC1)N1C[C@H]2[C@@H](c3ccccc31)[C@H](CO)N2Cc1ccc(Cl)cc1. The van der Waals surface area contributed by atoms with E-state index in [1.54, 1.807) is 0 Å². The Morgan fingerprint density at radius 1 is 1.10 bits per heavy atom. The third-order valence-electron chi connectivity index (χ3n) is 6.94. The second kappa shape index (κ2) is 8.31. The van der Waals surface area contributed by atoms with Gasteiger partial charge in [0.05, 0.1) is 6.61 Å². The molecule has 2 saturated heterocycles. The molecule has 3 heterocycles. The van der Waals surface area contributed by atoms with Gasteiger partial charge in [-0.05, 0) is 42.2 Å². The molecule has 158 valence electrons. The number of aliphatic hydroxyl groups is 1. The summed E-state index contributed by atoms with van der Waals surface area (Å²) in [5.74, 6) is 0.488. The molecule has 0 unspecified atom stereocenters. The number of anilines is 1. The Hall–Kier alpha value is -1.92. The maximum Gasteiger partial charge on any atom is 0.230 e. The lowest BCUT2D eigenvalue weighted by Gasteiger charge is -2.59. The van der Waals surface area contributed by atoms with E-state index in [0.717, 1.165) is 35.7 Å². The molecule has 2 aromatic rings. The quantitative estimate of drug-likeness (QED) is 0.813. The number of likely N-dealkylation sites (tertiary alicyclic amines) is 1. The highest BCUT2D eigenvalue weighted by molar-refractivity contribution is 6.30. The summed E-state index contributed by atoms with van der Waals surface area (Å²) < 4.78 is 5.46. The summed E-state index contributed by atoms with van der Waals surface area (Å²) in [6, 6.07) is 16.4. The molecule has 3 aliphatic heterocycles. The summed E-state index contributed by atoms with van der Waals surface area (Å²) in [4.78, 5) is 17.8. The fourth-order valence-electron chi connectivity index (χ4n) is 5.37. The zero-order valence-electron chi connectivity index (χ0n) is 16.9. The summed E-state index contributed by atoms with van der Waals surface area (Å²) in [6.07, 6.45) is 1.58. The Balaban J connectivity index is 1.44. The number of para-hydroxylation sites is 1. The summed E-state index contributed by atoms with van der Waals surface area (Å²) in [5, 5.41) is 10.9. The lowest BCUT2D eigenvalue weighted by molar-refractivity contribution is -0.126. The summed E-state index contributed by atoms with van der Waals surface area (Å²) >= 11 is 6.04. The van der Waals surface area contributed by atoms with Crippen LogP contribution < -0.4 is 4.90 Å². The Kier molecular flexibility index (Phi) is 5.54. The molecule has 0 radical (unpaired) electrons. The first-order valence-electron chi connectivity index (χ1n) is 10.8. The average Bonchev–Trinajstić information content (AvgIpc) is 2.79. The van der Waals surface area contributed by atoms with Gasteiger partial charge in [-0.25, -0.2) is 0 Å². The van der Waals surface area contributed by atoms with E-state index in [2.05, 4.69) is 17.0 Å². The van der Waals surface area contributed by atoms with E-state index < -0.39 is 0 Å². The molecule has 0 saturated carbocycles. The minimum Gasteiger partial charge on any atom is -0.395 e. The van der Waals surface area contributed by atoms with E-state index in [1.807, 2.05) is 41.3 Å². The molecule has 3 atom stereocenters. The normalized spacial score (nSPS) is 26.6. The van der Waals surface area contributed by atoms with Crippen molar-refractivity contribution in [3.8, 4) is 0 Å². The van der Waals surface area contributed by atoms with E-state index >= 15 is 0 Å². The molecular weight excluding hydrogens is 400 g/mol. The lowest BCUT2D eigenvalue weighted by atomic mass is 9.71. The molecule has 2 aromatic carbocycles. The number of nitrogens with zero attached hydrogens (tertiary/aromatic N) is 2. The van der Waals surface area contributed by atoms with Crippen molar-refractivity contribution in [1.82, 2.24) is 4.90 Å². The molecule has 0 aliphatic carbocycles. The van der Waals surface area contributed by atoms with Crippen LogP contribution in [0.3, 0.4) is 0 Å². The third-order valence-corrected chi connectivity index (χ3v) is 7.19. The number of halogens is 1. The van der Waals surface area contributed by atoms with Crippen molar-refractivity contribution in [2.24, 2.45) is 5.92 Å². The number of aliphatic hydroxyl groups excluding tert-OH is 1. The van der Waals surface area contributed by atoms with E-state index in [9.17, 15) is 9.90 Å². The second-order valence-electron chi connectivity index (χ2n) is 8.54. The molecule has 1 amide bonds. The molecule has 1 N–H and O–H groups in total. The smallest absolute Gasteiger partial charge is 0.230 e. The average molecular weight is 427 g/mol. The maximum absolute atomic E-state index is 13.4. The fourth-order valence-corrected chi connectivity index (χ4v) is 5.50. The highest BCUT2D eigenvalue weighted by atomic mass is 35.5. The van der Waals surface area contributed by atoms with Crippen molar-refractivity contribution in [2.75, 3.05) is 31.3 Å². The highest BCUT2D eigenvalue weighted by Gasteiger charge is 2.53. The van der Waals surface area contributed by atoms with Gasteiger partial charge in [-0.1, -0.05) is 41.9 Å². The van der Waals surface area contributed by atoms with Crippen LogP contribution >= 0.6 is 11.6 Å². The Labute approximate surface area is 182 Å². The van der Waals surface area contributed by atoms with Crippen LogP contribution in [0.4, 0.5) is 5.69 Å². The molecule has 2 fully saturated rings. The van der Waals surface area contributed by atoms with E-state index in [-0.39, 0.29) is 36.4 Å². The molecule has 0 aromatic heterocycles. The largest absolute Gasteiger partial charge is 0.395 e. The van der Waals surface area contributed by atoms with Gasteiger partial charge in [-0.3, -0.25) is 9.69 Å². The molecule has 30 heavy (non-hydrogen) atoms. The number of benzene rings is 2. The fraction of sp³-hybridized carbons (Fsp3) is 0.458. The van der Waals surface area contributed by atoms with Crippen LogP contribution in [0, 0.1) is 5.92 Å². The number of amides is 1. The van der Waals surface area contributed by atoms with Crippen molar-refractivity contribution < 1.29 is 14.6 Å². The summed E-state index contributed by atoms with van der Waals surface area (Å²) in [5.41, 5.74) is 3.36. The first-order chi connectivity index (χ1) is 14.7. The number of hydrogen-bond donors (Lipinski definition) is 1. The monoisotopic (exact) mass is 426 g/mol. The predicted molar refractivity (Wildman–Crippen MR) is 117 cm³/mol. The van der Waals surface area contributed by atoms with Gasteiger partial charge in [-0.15, -0.1) is 0 Å². The minimum atomic E-state index is 0.0294.